The van der Waals surface area contributed by atoms with Gasteiger partial charge in [0.05, 0.1) is 5.52 Å². The minimum atomic E-state index is -0.359. The second-order valence-corrected chi connectivity index (χ2v) is 7.62. The predicted molar refractivity (Wildman–Crippen MR) is 109 cm³/mol. The van der Waals surface area contributed by atoms with Crippen LogP contribution in [0.4, 0.5) is 4.39 Å². The molecule has 0 radical (unpaired) electrons. The van der Waals surface area contributed by atoms with Gasteiger partial charge in [-0.25, -0.2) is 9.18 Å². The van der Waals surface area contributed by atoms with Gasteiger partial charge in [0.25, 0.3) is 5.91 Å². The molecule has 0 bridgehead atoms. The van der Waals surface area contributed by atoms with E-state index >= 15 is 0 Å². The fourth-order valence-electron chi connectivity index (χ4n) is 4.03. The molecule has 4 rings (SSSR count). The van der Waals surface area contributed by atoms with E-state index in [4.69, 9.17) is 4.42 Å². The summed E-state index contributed by atoms with van der Waals surface area (Å²) in [5.41, 5.74) is 1.91. The molecular weight excluding hydrogens is 373 g/mol. The van der Waals surface area contributed by atoms with Crippen molar-refractivity contribution in [2.45, 2.75) is 31.8 Å². The second kappa shape index (κ2) is 8.21. The first kappa shape index (κ1) is 19.4. The zero-order valence-corrected chi connectivity index (χ0v) is 16.3. The van der Waals surface area contributed by atoms with Crippen LogP contribution in [0.1, 0.15) is 36.2 Å². The molecule has 152 valence electrons. The van der Waals surface area contributed by atoms with E-state index in [0.29, 0.717) is 11.1 Å². The third-order valence-corrected chi connectivity index (χ3v) is 5.46. The molecule has 1 amide bonds. The lowest BCUT2D eigenvalue weighted by molar-refractivity contribution is 0.0920. The predicted octanol–water partition coefficient (Wildman–Crippen LogP) is 3.19. The quantitative estimate of drug-likeness (QED) is 0.718. The average Bonchev–Trinajstić information content (AvgIpc) is 3.04. The number of hydrogen-bond acceptors (Lipinski definition) is 4. The summed E-state index contributed by atoms with van der Waals surface area (Å²) < 4.78 is 20.1. The molecule has 1 atom stereocenters. The number of aromatic nitrogens is 1. The van der Waals surface area contributed by atoms with Gasteiger partial charge in [-0.15, -0.1) is 0 Å². The van der Waals surface area contributed by atoms with Gasteiger partial charge in [-0.1, -0.05) is 12.1 Å². The highest BCUT2D eigenvalue weighted by Crippen LogP contribution is 2.25. The number of benzene rings is 2. The lowest BCUT2D eigenvalue weighted by atomic mass is 10.0. The summed E-state index contributed by atoms with van der Waals surface area (Å²) >= 11 is 0. The van der Waals surface area contributed by atoms with Crippen LogP contribution >= 0.6 is 0 Å². The number of hydrogen-bond donors (Lipinski definition) is 1. The maximum Gasteiger partial charge on any atom is 0.420 e. The highest BCUT2D eigenvalue weighted by molar-refractivity contribution is 5.94. The smallest absolute Gasteiger partial charge is 0.408 e. The van der Waals surface area contributed by atoms with Crippen molar-refractivity contribution < 1.29 is 13.6 Å². The highest BCUT2D eigenvalue weighted by atomic mass is 19.1. The first-order valence-corrected chi connectivity index (χ1v) is 9.90. The molecule has 1 saturated heterocycles. The summed E-state index contributed by atoms with van der Waals surface area (Å²) in [7, 11) is 0. The number of likely N-dealkylation sites (tertiary alicyclic amines) is 1. The Morgan fingerprint density at radius 3 is 2.59 bits per heavy atom. The van der Waals surface area contributed by atoms with Gasteiger partial charge in [-0.3, -0.25) is 9.36 Å². The van der Waals surface area contributed by atoms with E-state index in [1.165, 1.54) is 24.3 Å². The van der Waals surface area contributed by atoms with Gasteiger partial charge in [0, 0.05) is 37.3 Å². The van der Waals surface area contributed by atoms with E-state index < -0.39 is 0 Å². The van der Waals surface area contributed by atoms with Crippen molar-refractivity contribution in [3.8, 4) is 0 Å². The van der Waals surface area contributed by atoms with Crippen LogP contribution in [-0.4, -0.2) is 41.1 Å². The Kier molecular flexibility index (Phi) is 5.49. The molecule has 0 unspecified atom stereocenters. The topological polar surface area (TPSA) is 67.5 Å². The number of rotatable bonds is 5. The Hall–Kier alpha value is -2.93. The summed E-state index contributed by atoms with van der Waals surface area (Å²) in [6, 6.07) is 13.1. The largest absolute Gasteiger partial charge is 0.420 e. The van der Waals surface area contributed by atoms with Gasteiger partial charge in [0.2, 0.25) is 0 Å². The minimum Gasteiger partial charge on any atom is -0.408 e. The fourth-order valence-corrected chi connectivity index (χ4v) is 4.03. The van der Waals surface area contributed by atoms with Crippen LogP contribution in [0.25, 0.3) is 11.1 Å². The summed E-state index contributed by atoms with van der Waals surface area (Å²) in [5, 5.41) is 2.96. The van der Waals surface area contributed by atoms with E-state index in [-0.39, 0.29) is 29.6 Å². The van der Waals surface area contributed by atoms with Gasteiger partial charge >= 0.3 is 5.76 Å². The van der Waals surface area contributed by atoms with Crippen LogP contribution in [0.2, 0.25) is 0 Å². The van der Waals surface area contributed by atoms with Crippen LogP contribution in [0, 0.1) is 5.82 Å². The molecule has 0 aliphatic carbocycles. The monoisotopic (exact) mass is 397 g/mol. The van der Waals surface area contributed by atoms with E-state index in [2.05, 4.69) is 10.2 Å². The molecule has 7 heteroatoms. The summed E-state index contributed by atoms with van der Waals surface area (Å²) in [6.45, 7) is 4.36. The van der Waals surface area contributed by atoms with Crippen LogP contribution in [0.15, 0.2) is 57.7 Å². The molecule has 6 nitrogen and oxygen atoms in total. The average molecular weight is 397 g/mol. The number of carbonyl (C=O) groups is 1. The molecule has 0 spiro atoms. The molecule has 29 heavy (non-hydrogen) atoms. The maximum absolute atomic E-state index is 13.0. The minimum absolute atomic E-state index is 0.0402. The van der Waals surface area contributed by atoms with E-state index in [1.54, 1.807) is 4.57 Å². The van der Waals surface area contributed by atoms with Crippen molar-refractivity contribution in [3.05, 3.63) is 70.5 Å². The number of oxazole rings is 1. The van der Waals surface area contributed by atoms with Crippen molar-refractivity contribution in [2.75, 3.05) is 19.6 Å². The van der Waals surface area contributed by atoms with Crippen LogP contribution < -0.4 is 11.1 Å². The van der Waals surface area contributed by atoms with E-state index in [9.17, 15) is 14.0 Å². The fraction of sp³-hybridized carbons (Fsp3) is 0.364. The molecule has 2 aromatic carbocycles. The Bertz CT molecular complexity index is 1050. The number of halogens is 1. The lowest BCUT2D eigenvalue weighted by Crippen LogP contribution is -2.45. The molecule has 1 aliphatic heterocycles. The third kappa shape index (κ3) is 4.24. The van der Waals surface area contributed by atoms with Crippen molar-refractivity contribution in [2.24, 2.45) is 0 Å². The van der Waals surface area contributed by atoms with Crippen molar-refractivity contribution in [1.29, 1.82) is 0 Å². The summed E-state index contributed by atoms with van der Waals surface area (Å²) in [6.07, 6.45) is 1.70. The van der Waals surface area contributed by atoms with Crippen LogP contribution in [-0.2, 0) is 0 Å². The first-order chi connectivity index (χ1) is 14.0. The van der Waals surface area contributed by atoms with Gasteiger partial charge < -0.3 is 14.6 Å². The first-order valence-electron chi connectivity index (χ1n) is 9.90. The molecule has 1 aliphatic rings. The Morgan fingerprint density at radius 2 is 1.86 bits per heavy atom. The lowest BCUT2D eigenvalue weighted by Gasteiger charge is -2.33. The molecule has 3 aromatic rings. The van der Waals surface area contributed by atoms with Crippen LogP contribution in [0.3, 0.4) is 0 Å². The number of carbonyl (C=O) groups excluding carboxylic acids is 1. The van der Waals surface area contributed by atoms with E-state index in [1.807, 2.05) is 31.2 Å². The number of nitrogens with zero attached hydrogens (tertiary/aromatic N) is 2. The zero-order valence-electron chi connectivity index (χ0n) is 16.3. The normalized spacial score (nSPS) is 16.8. The SMILES string of the molecule is C[C@@H](CN1CCC(n2c(=O)oc3ccccc32)CC1)NC(=O)c1ccc(F)cc1. The Morgan fingerprint density at radius 1 is 1.17 bits per heavy atom. The van der Waals surface area contributed by atoms with Gasteiger partial charge in [0.15, 0.2) is 5.58 Å². The second-order valence-electron chi connectivity index (χ2n) is 7.62. The van der Waals surface area contributed by atoms with Gasteiger partial charge in [0.1, 0.15) is 5.82 Å². The number of piperidine rings is 1. The standard InChI is InChI=1S/C22H24FN3O3/c1-15(24-21(27)16-6-8-17(23)9-7-16)14-25-12-10-18(11-13-25)26-19-4-2-3-5-20(19)29-22(26)28/h2-9,15,18H,10-14H2,1H3,(H,24,27)/t15-/m0/s1. The number of fused-ring (bicyclic) bond motifs is 1. The number of para-hydroxylation sites is 2. The molecule has 0 saturated carbocycles. The maximum atomic E-state index is 13.0. The van der Waals surface area contributed by atoms with Gasteiger partial charge in [-0.2, -0.15) is 0 Å². The van der Waals surface area contributed by atoms with Crippen molar-refractivity contribution in [3.63, 3.8) is 0 Å². The molecular formula is C22H24FN3O3. The summed E-state index contributed by atoms with van der Waals surface area (Å²) in [5.74, 6) is -0.865. The summed E-state index contributed by atoms with van der Waals surface area (Å²) in [4.78, 5) is 26.9. The van der Waals surface area contributed by atoms with Crippen molar-refractivity contribution in [1.82, 2.24) is 14.8 Å². The van der Waals surface area contributed by atoms with Crippen LogP contribution in [0.5, 0.6) is 0 Å². The Labute approximate surface area is 167 Å². The Balaban J connectivity index is 1.32. The molecule has 1 aromatic heterocycles. The third-order valence-electron chi connectivity index (χ3n) is 5.46. The van der Waals surface area contributed by atoms with E-state index in [0.717, 1.165) is 38.0 Å². The number of amides is 1. The van der Waals surface area contributed by atoms with Gasteiger partial charge in [-0.05, 0) is 56.2 Å². The molecule has 1 N–H and O–H groups in total. The van der Waals surface area contributed by atoms with Crippen molar-refractivity contribution >= 4 is 17.0 Å². The highest BCUT2D eigenvalue weighted by Gasteiger charge is 2.25. The zero-order chi connectivity index (χ0) is 20.4. The molecule has 2 heterocycles. The molecule has 1 fully saturated rings. The number of nitrogens with one attached hydrogen (secondary N) is 1.